The van der Waals surface area contributed by atoms with Crippen molar-refractivity contribution in [2.24, 2.45) is 23.7 Å². The van der Waals surface area contributed by atoms with Crippen LogP contribution >= 0.6 is 0 Å². The van der Waals surface area contributed by atoms with Crippen molar-refractivity contribution in [3.05, 3.63) is 0 Å². The van der Waals surface area contributed by atoms with Crippen molar-refractivity contribution in [1.82, 2.24) is 10.6 Å². The van der Waals surface area contributed by atoms with E-state index in [2.05, 4.69) is 17.6 Å². The predicted octanol–water partition coefficient (Wildman–Crippen LogP) is 1.97. The van der Waals surface area contributed by atoms with E-state index in [-0.39, 0.29) is 23.9 Å². The van der Waals surface area contributed by atoms with Gasteiger partial charge in [-0.25, -0.2) is 4.79 Å². The average molecular weight is 280 g/mol. The zero-order valence-corrected chi connectivity index (χ0v) is 12.0. The largest absolute Gasteiger partial charge is 0.481 e. The van der Waals surface area contributed by atoms with Gasteiger partial charge in [-0.3, -0.25) is 4.79 Å². The van der Waals surface area contributed by atoms with E-state index in [4.69, 9.17) is 0 Å². The Morgan fingerprint density at radius 2 is 1.90 bits per heavy atom. The standard InChI is InChI=1S/C15H24N2O3/c1-2-3-8-7-11(8)16-15(20)17-13-10-5-4-9(6-10)12(13)14(18)19/h8-13H,2-7H2,1H3,(H,18,19)(H2,16,17,20). The molecule has 0 radical (unpaired) electrons. The van der Waals surface area contributed by atoms with Crippen LogP contribution in [0, 0.1) is 23.7 Å². The summed E-state index contributed by atoms with van der Waals surface area (Å²) in [5, 5.41) is 15.3. The molecule has 0 heterocycles. The van der Waals surface area contributed by atoms with E-state index < -0.39 is 5.97 Å². The molecule has 3 N–H and O–H groups in total. The average Bonchev–Trinajstić information content (AvgIpc) is 2.84. The quantitative estimate of drug-likeness (QED) is 0.720. The van der Waals surface area contributed by atoms with Crippen molar-refractivity contribution in [3.8, 4) is 0 Å². The Morgan fingerprint density at radius 3 is 2.60 bits per heavy atom. The lowest BCUT2D eigenvalue weighted by atomic mass is 9.84. The first-order chi connectivity index (χ1) is 9.60. The highest BCUT2D eigenvalue weighted by atomic mass is 16.4. The van der Waals surface area contributed by atoms with Crippen LogP contribution < -0.4 is 10.6 Å². The van der Waals surface area contributed by atoms with Gasteiger partial charge in [-0.05, 0) is 49.9 Å². The Kier molecular flexibility index (Phi) is 3.61. The number of hydrogen-bond acceptors (Lipinski definition) is 2. The maximum Gasteiger partial charge on any atom is 0.315 e. The number of carboxylic acids is 1. The van der Waals surface area contributed by atoms with Crippen molar-refractivity contribution in [3.63, 3.8) is 0 Å². The van der Waals surface area contributed by atoms with E-state index in [1.807, 2.05) is 0 Å². The second-order valence-electron chi connectivity index (χ2n) is 6.73. The third kappa shape index (κ3) is 2.50. The van der Waals surface area contributed by atoms with Crippen LogP contribution in [0.25, 0.3) is 0 Å². The highest BCUT2D eigenvalue weighted by molar-refractivity contribution is 5.78. The molecule has 3 aliphatic carbocycles. The third-order valence-electron chi connectivity index (χ3n) is 5.40. The lowest BCUT2D eigenvalue weighted by molar-refractivity contribution is -0.144. The summed E-state index contributed by atoms with van der Waals surface area (Å²) >= 11 is 0. The number of nitrogens with one attached hydrogen (secondary N) is 2. The molecule has 0 spiro atoms. The van der Waals surface area contributed by atoms with Crippen LogP contribution in [-0.2, 0) is 4.79 Å². The Hall–Kier alpha value is -1.26. The topological polar surface area (TPSA) is 78.4 Å². The summed E-state index contributed by atoms with van der Waals surface area (Å²) in [6, 6.07) is -0.0381. The molecule has 3 fully saturated rings. The van der Waals surface area contributed by atoms with Crippen LogP contribution in [0.15, 0.2) is 0 Å². The number of carbonyl (C=O) groups is 2. The van der Waals surface area contributed by atoms with Gasteiger partial charge in [0.25, 0.3) is 0 Å². The molecule has 6 unspecified atom stereocenters. The molecule has 2 amide bonds. The van der Waals surface area contributed by atoms with Gasteiger partial charge < -0.3 is 15.7 Å². The van der Waals surface area contributed by atoms with E-state index in [1.54, 1.807) is 0 Å². The fourth-order valence-corrected chi connectivity index (χ4v) is 4.33. The number of aliphatic carboxylic acids is 1. The summed E-state index contributed by atoms with van der Waals surface area (Å²) in [6.45, 7) is 2.15. The molecule has 3 rings (SSSR count). The molecule has 6 atom stereocenters. The number of carbonyl (C=O) groups excluding carboxylic acids is 1. The molecule has 3 saturated carbocycles. The fraction of sp³-hybridized carbons (Fsp3) is 0.867. The minimum atomic E-state index is -0.752. The molecule has 0 saturated heterocycles. The van der Waals surface area contributed by atoms with Crippen LogP contribution in [0.1, 0.15) is 45.4 Å². The maximum atomic E-state index is 12.0. The van der Waals surface area contributed by atoms with Crippen LogP contribution in [-0.4, -0.2) is 29.2 Å². The molecular weight excluding hydrogens is 256 g/mol. The highest BCUT2D eigenvalue weighted by Gasteiger charge is 2.51. The monoisotopic (exact) mass is 280 g/mol. The Balaban J connectivity index is 1.52. The summed E-state index contributed by atoms with van der Waals surface area (Å²) in [4.78, 5) is 23.4. The van der Waals surface area contributed by atoms with Crippen molar-refractivity contribution < 1.29 is 14.7 Å². The fourth-order valence-electron chi connectivity index (χ4n) is 4.33. The second-order valence-corrected chi connectivity index (χ2v) is 6.73. The maximum absolute atomic E-state index is 12.0. The summed E-state index contributed by atoms with van der Waals surface area (Å²) in [7, 11) is 0. The number of carboxylic acid groups (broad SMARTS) is 1. The zero-order chi connectivity index (χ0) is 14.3. The lowest BCUT2D eigenvalue weighted by Crippen LogP contribution is -2.50. The van der Waals surface area contributed by atoms with Gasteiger partial charge in [0.05, 0.1) is 5.92 Å². The van der Waals surface area contributed by atoms with Gasteiger partial charge in [-0.15, -0.1) is 0 Å². The van der Waals surface area contributed by atoms with E-state index >= 15 is 0 Å². The normalized spacial score (nSPS) is 41.5. The smallest absolute Gasteiger partial charge is 0.315 e. The lowest BCUT2D eigenvalue weighted by Gasteiger charge is -2.28. The highest BCUT2D eigenvalue weighted by Crippen LogP contribution is 2.48. The van der Waals surface area contributed by atoms with Crippen molar-refractivity contribution >= 4 is 12.0 Å². The molecule has 3 aliphatic rings. The predicted molar refractivity (Wildman–Crippen MR) is 74.2 cm³/mol. The zero-order valence-electron chi connectivity index (χ0n) is 12.0. The summed E-state index contributed by atoms with van der Waals surface area (Å²) in [5.41, 5.74) is 0. The van der Waals surface area contributed by atoms with Crippen molar-refractivity contribution in [2.75, 3.05) is 0 Å². The number of urea groups is 1. The summed E-state index contributed by atoms with van der Waals surface area (Å²) in [5.74, 6) is 0.109. The first-order valence-corrected chi connectivity index (χ1v) is 7.90. The summed E-state index contributed by atoms with van der Waals surface area (Å²) in [6.07, 6.45) is 6.41. The van der Waals surface area contributed by atoms with Gasteiger partial charge in [-0.2, -0.15) is 0 Å². The molecule has 20 heavy (non-hydrogen) atoms. The molecule has 0 aliphatic heterocycles. The van der Waals surface area contributed by atoms with Gasteiger partial charge in [0, 0.05) is 12.1 Å². The number of rotatable bonds is 5. The molecule has 112 valence electrons. The van der Waals surface area contributed by atoms with Gasteiger partial charge >= 0.3 is 12.0 Å². The number of fused-ring (bicyclic) bond motifs is 2. The van der Waals surface area contributed by atoms with Gasteiger partial charge in [0.1, 0.15) is 0 Å². The Labute approximate surface area is 119 Å². The van der Waals surface area contributed by atoms with Crippen LogP contribution in [0.3, 0.4) is 0 Å². The third-order valence-corrected chi connectivity index (χ3v) is 5.40. The molecule has 0 aromatic rings. The van der Waals surface area contributed by atoms with Crippen molar-refractivity contribution in [1.29, 1.82) is 0 Å². The first kappa shape index (κ1) is 13.7. The van der Waals surface area contributed by atoms with Crippen LogP contribution in [0.5, 0.6) is 0 Å². The van der Waals surface area contributed by atoms with Crippen LogP contribution in [0.2, 0.25) is 0 Å². The van der Waals surface area contributed by atoms with Crippen LogP contribution in [0.4, 0.5) is 4.79 Å². The number of hydrogen-bond donors (Lipinski definition) is 3. The first-order valence-electron chi connectivity index (χ1n) is 7.90. The van der Waals surface area contributed by atoms with E-state index in [9.17, 15) is 14.7 Å². The van der Waals surface area contributed by atoms with Crippen molar-refractivity contribution in [2.45, 2.75) is 57.5 Å². The SMILES string of the molecule is CCCC1CC1NC(=O)NC1C2CCC(C2)C1C(=O)O. The number of amides is 2. The second kappa shape index (κ2) is 5.26. The minimum absolute atomic E-state index is 0.169. The Bertz CT molecular complexity index is 412. The van der Waals surface area contributed by atoms with Gasteiger partial charge in [-0.1, -0.05) is 13.3 Å². The van der Waals surface area contributed by atoms with E-state index in [0.717, 1.165) is 38.5 Å². The van der Waals surface area contributed by atoms with Gasteiger partial charge in [0.2, 0.25) is 0 Å². The molecule has 0 aromatic heterocycles. The minimum Gasteiger partial charge on any atom is -0.481 e. The molecular formula is C15H24N2O3. The summed E-state index contributed by atoms with van der Waals surface area (Å²) < 4.78 is 0. The van der Waals surface area contributed by atoms with E-state index in [0.29, 0.717) is 17.9 Å². The Morgan fingerprint density at radius 1 is 1.15 bits per heavy atom. The molecule has 0 aromatic carbocycles. The molecule has 5 nitrogen and oxygen atoms in total. The van der Waals surface area contributed by atoms with E-state index in [1.165, 1.54) is 0 Å². The van der Waals surface area contributed by atoms with Gasteiger partial charge in [0.15, 0.2) is 0 Å². The molecule has 2 bridgehead atoms. The molecule has 5 heteroatoms.